The van der Waals surface area contributed by atoms with Crippen LogP contribution in [0.2, 0.25) is 0 Å². The van der Waals surface area contributed by atoms with E-state index in [0.29, 0.717) is 11.3 Å². The van der Waals surface area contributed by atoms with Crippen molar-refractivity contribution < 1.29 is 13.2 Å². The van der Waals surface area contributed by atoms with Gasteiger partial charge in [0.05, 0.1) is 28.0 Å². The maximum absolute atomic E-state index is 13.9. The third-order valence-electron chi connectivity index (χ3n) is 5.79. The van der Waals surface area contributed by atoms with Gasteiger partial charge >= 0.3 is 6.18 Å². The third kappa shape index (κ3) is 3.21. The van der Waals surface area contributed by atoms with E-state index in [0.717, 1.165) is 33.1 Å². The summed E-state index contributed by atoms with van der Waals surface area (Å²) in [5.74, 6) is 0. The minimum atomic E-state index is -4.45. The molecular weight excluding hydrogens is 409 g/mol. The van der Waals surface area contributed by atoms with E-state index < -0.39 is 11.7 Å². The lowest BCUT2D eigenvalue weighted by Crippen LogP contribution is -2.16. The van der Waals surface area contributed by atoms with Gasteiger partial charge in [-0.05, 0) is 29.8 Å². The molecule has 0 bridgehead atoms. The molecule has 0 amide bonds. The third-order valence-corrected chi connectivity index (χ3v) is 5.79. The molecule has 1 aromatic heterocycles. The van der Waals surface area contributed by atoms with Crippen molar-refractivity contribution in [1.29, 1.82) is 0 Å². The lowest BCUT2D eigenvalue weighted by Gasteiger charge is -2.25. The summed E-state index contributed by atoms with van der Waals surface area (Å²) in [6, 6.07) is 27.8. The summed E-state index contributed by atoms with van der Waals surface area (Å²) in [7, 11) is 3.56. The molecule has 0 spiro atoms. The number of alkyl halides is 3. The van der Waals surface area contributed by atoms with E-state index in [1.165, 1.54) is 12.1 Å². The van der Waals surface area contributed by atoms with Crippen molar-refractivity contribution in [3.05, 3.63) is 96.6 Å². The average Bonchev–Trinajstić information content (AvgIpc) is 3.12. The Kier molecular flexibility index (Phi) is 4.70. The molecule has 5 heteroatoms. The van der Waals surface area contributed by atoms with Crippen molar-refractivity contribution >= 4 is 27.5 Å². The molecule has 1 heterocycles. The summed E-state index contributed by atoms with van der Waals surface area (Å²) < 4.78 is 43.7. The standard InChI is InChI=1S/C27H21F3N2/c1-31(2)25-17-19(27(28,29)30)16-22(18-10-4-3-5-11-18)26(25)32-23-14-8-6-12-20(23)21-13-7-9-15-24(21)32/h3-17H,1-2H3. The first kappa shape index (κ1) is 20.2. The summed E-state index contributed by atoms with van der Waals surface area (Å²) in [4.78, 5) is 1.75. The maximum Gasteiger partial charge on any atom is 0.416 e. The predicted molar refractivity (Wildman–Crippen MR) is 126 cm³/mol. The molecular formula is C27H21F3N2. The molecule has 0 unspecified atom stereocenters. The Morgan fingerprint density at radius 3 is 1.75 bits per heavy atom. The smallest absolute Gasteiger partial charge is 0.376 e. The van der Waals surface area contributed by atoms with Crippen molar-refractivity contribution in [2.24, 2.45) is 0 Å². The molecule has 0 saturated carbocycles. The van der Waals surface area contributed by atoms with Gasteiger partial charge in [-0.1, -0.05) is 66.7 Å². The molecule has 32 heavy (non-hydrogen) atoms. The number of halogens is 3. The van der Waals surface area contributed by atoms with Crippen LogP contribution in [-0.2, 0) is 6.18 Å². The molecule has 0 atom stereocenters. The topological polar surface area (TPSA) is 8.17 Å². The van der Waals surface area contributed by atoms with Gasteiger partial charge in [0, 0.05) is 30.4 Å². The Balaban J connectivity index is 1.99. The zero-order valence-electron chi connectivity index (χ0n) is 17.7. The lowest BCUT2D eigenvalue weighted by molar-refractivity contribution is -0.137. The van der Waals surface area contributed by atoms with Crippen molar-refractivity contribution in [2.45, 2.75) is 6.18 Å². The number of para-hydroxylation sites is 2. The number of nitrogens with zero attached hydrogens (tertiary/aromatic N) is 2. The van der Waals surface area contributed by atoms with Crippen LogP contribution < -0.4 is 4.90 Å². The number of hydrogen-bond donors (Lipinski definition) is 0. The highest BCUT2D eigenvalue weighted by molar-refractivity contribution is 6.10. The molecule has 2 nitrogen and oxygen atoms in total. The van der Waals surface area contributed by atoms with Crippen LogP contribution in [0.1, 0.15) is 5.56 Å². The molecule has 0 aliphatic carbocycles. The van der Waals surface area contributed by atoms with Crippen LogP contribution in [-0.4, -0.2) is 18.7 Å². The van der Waals surface area contributed by atoms with Crippen molar-refractivity contribution in [3.63, 3.8) is 0 Å². The molecule has 5 rings (SSSR count). The average molecular weight is 430 g/mol. The number of benzene rings is 4. The maximum atomic E-state index is 13.9. The second-order valence-electron chi connectivity index (χ2n) is 8.02. The number of anilines is 1. The zero-order valence-corrected chi connectivity index (χ0v) is 17.7. The second-order valence-corrected chi connectivity index (χ2v) is 8.02. The van der Waals surface area contributed by atoms with Crippen LogP contribution >= 0.6 is 0 Å². The molecule has 0 fully saturated rings. The lowest BCUT2D eigenvalue weighted by atomic mass is 9.98. The van der Waals surface area contributed by atoms with Crippen molar-refractivity contribution in [2.75, 3.05) is 19.0 Å². The fraction of sp³-hybridized carbons (Fsp3) is 0.111. The minimum Gasteiger partial charge on any atom is -0.376 e. The molecule has 4 aromatic carbocycles. The van der Waals surface area contributed by atoms with E-state index in [1.54, 1.807) is 19.0 Å². The van der Waals surface area contributed by atoms with E-state index in [-0.39, 0.29) is 0 Å². The van der Waals surface area contributed by atoms with Gasteiger partial charge in [0.25, 0.3) is 0 Å². The Bertz CT molecular complexity index is 1380. The van der Waals surface area contributed by atoms with Gasteiger partial charge in [0.2, 0.25) is 0 Å². The predicted octanol–water partition coefficient (Wildman–Crippen LogP) is 7.54. The fourth-order valence-electron chi connectivity index (χ4n) is 4.36. The summed E-state index contributed by atoms with van der Waals surface area (Å²) >= 11 is 0. The number of hydrogen-bond acceptors (Lipinski definition) is 1. The van der Waals surface area contributed by atoms with Gasteiger partial charge < -0.3 is 9.47 Å². The Morgan fingerprint density at radius 1 is 0.688 bits per heavy atom. The molecule has 0 aliphatic rings. The molecule has 0 N–H and O–H groups in total. The first-order valence-electron chi connectivity index (χ1n) is 10.3. The van der Waals surface area contributed by atoms with Gasteiger partial charge in [-0.25, -0.2) is 0 Å². The van der Waals surface area contributed by atoms with Gasteiger partial charge in [0.1, 0.15) is 0 Å². The summed E-state index contributed by atoms with van der Waals surface area (Å²) in [6.45, 7) is 0. The highest BCUT2D eigenvalue weighted by Crippen LogP contribution is 2.44. The second kappa shape index (κ2) is 7.45. The van der Waals surface area contributed by atoms with Crippen LogP contribution in [0, 0.1) is 0 Å². The van der Waals surface area contributed by atoms with Gasteiger partial charge in [-0.2, -0.15) is 13.2 Å². The summed E-state index contributed by atoms with van der Waals surface area (Å²) in [6.07, 6.45) is -4.45. The largest absolute Gasteiger partial charge is 0.416 e. The van der Waals surface area contributed by atoms with Crippen molar-refractivity contribution in [1.82, 2.24) is 4.57 Å². The van der Waals surface area contributed by atoms with Crippen LogP contribution in [0.3, 0.4) is 0 Å². The normalized spacial score (nSPS) is 11.9. The van der Waals surface area contributed by atoms with Crippen LogP contribution in [0.25, 0.3) is 38.6 Å². The molecule has 0 aliphatic heterocycles. The SMILES string of the molecule is CN(C)c1cc(C(F)(F)F)cc(-c2ccccc2)c1-n1c2ccccc2c2ccccc21. The molecule has 0 saturated heterocycles. The van der Waals surface area contributed by atoms with Gasteiger partial charge in [-0.15, -0.1) is 0 Å². The molecule has 0 radical (unpaired) electrons. The summed E-state index contributed by atoms with van der Waals surface area (Å²) in [5, 5.41) is 2.12. The highest BCUT2D eigenvalue weighted by Gasteiger charge is 2.33. The number of fused-ring (bicyclic) bond motifs is 3. The zero-order chi connectivity index (χ0) is 22.5. The van der Waals surface area contributed by atoms with Crippen molar-refractivity contribution in [3.8, 4) is 16.8 Å². The van der Waals surface area contributed by atoms with E-state index in [4.69, 9.17) is 0 Å². The highest BCUT2D eigenvalue weighted by atomic mass is 19.4. The first-order chi connectivity index (χ1) is 15.4. The van der Waals surface area contributed by atoms with E-state index in [9.17, 15) is 13.2 Å². The quantitative estimate of drug-likeness (QED) is 0.287. The molecule has 160 valence electrons. The van der Waals surface area contributed by atoms with Gasteiger partial charge in [-0.3, -0.25) is 0 Å². The van der Waals surface area contributed by atoms with Crippen LogP contribution in [0.4, 0.5) is 18.9 Å². The Morgan fingerprint density at radius 2 is 1.22 bits per heavy atom. The summed E-state index contributed by atoms with van der Waals surface area (Å²) in [5.41, 5.74) is 3.75. The number of aromatic nitrogens is 1. The van der Waals surface area contributed by atoms with E-state index >= 15 is 0 Å². The van der Waals surface area contributed by atoms with E-state index in [2.05, 4.69) is 16.7 Å². The Labute approximate surface area is 184 Å². The van der Waals surface area contributed by atoms with Gasteiger partial charge in [0.15, 0.2) is 0 Å². The Hall–Kier alpha value is -3.73. The fourth-order valence-corrected chi connectivity index (χ4v) is 4.36. The minimum absolute atomic E-state index is 0.505. The first-order valence-corrected chi connectivity index (χ1v) is 10.3. The van der Waals surface area contributed by atoms with E-state index in [1.807, 2.05) is 66.7 Å². The van der Waals surface area contributed by atoms with Crippen LogP contribution in [0.15, 0.2) is 91.0 Å². The monoisotopic (exact) mass is 430 g/mol. The number of rotatable bonds is 3. The van der Waals surface area contributed by atoms with Crippen LogP contribution in [0.5, 0.6) is 0 Å². The molecule has 5 aromatic rings.